The van der Waals surface area contributed by atoms with Gasteiger partial charge >= 0.3 is 6.18 Å². The van der Waals surface area contributed by atoms with Crippen LogP contribution in [0.25, 0.3) is 5.57 Å². The molecule has 0 aliphatic heterocycles. The lowest BCUT2D eigenvalue weighted by atomic mass is 9.75. The second-order valence-electron chi connectivity index (χ2n) is 5.69. The van der Waals surface area contributed by atoms with E-state index in [1.165, 1.54) is 12.1 Å². The van der Waals surface area contributed by atoms with Gasteiger partial charge in [0.1, 0.15) is 0 Å². The fraction of sp³-hybridized carbons (Fsp3) is 0.467. The zero-order valence-electron chi connectivity index (χ0n) is 10.6. The van der Waals surface area contributed by atoms with Gasteiger partial charge in [-0.2, -0.15) is 13.2 Å². The third kappa shape index (κ3) is 2.95. The molecule has 0 fully saturated rings. The van der Waals surface area contributed by atoms with Gasteiger partial charge in [-0.05, 0) is 47.9 Å². The summed E-state index contributed by atoms with van der Waals surface area (Å²) < 4.78 is 38.0. The Bertz CT molecular complexity index is 467. The summed E-state index contributed by atoms with van der Waals surface area (Å²) in [5.74, 6) is 0. The Morgan fingerprint density at radius 3 is 2.50 bits per heavy atom. The molecule has 1 aliphatic rings. The van der Waals surface area contributed by atoms with Crippen molar-refractivity contribution in [1.29, 1.82) is 0 Å². The van der Waals surface area contributed by atoms with Crippen LogP contribution in [0.2, 0.25) is 0 Å². The predicted molar refractivity (Wildman–Crippen MR) is 67.1 cm³/mol. The molecule has 98 valence electrons. The molecule has 0 atom stereocenters. The number of halogens is 3. The van der Waals surface area contributed by atoms with Crippen molar-refractivity contribution in [3.05, 3.63) is 41.5 Å². The van der Waals surface area contributed by atoms with Gasteiger partial charge in [-0.1, -0.05) is 32.1 Å². The first kappa shape index (κ1) is 13.2. The van der Waals surface area contributed by atoms with Crippen molar-refractivity contribution in [2.24, 2.45) is 5.41 Å². The summed E-state index contributed by atoms with van der Waals surface area (Å²) >= 11 is 0. The molecule has 0 unspecified atom stereocenters. The molecular formula is C15H17F3. The van der Waals surface area contributed by atoms with Crippen molar-refractivity contribution in [3.63, 3.8) is 0 Å². The predicted octanol–water partition coefficient (Wildman–Crippen LogP) is 5.30. The first-order valence-electron chi connectivity index (χ1n) is 6.15. The Labute approximate surface area is 106 Å². The van der Waals surface area contributed by atoms with E-state index < -0.39 is 11.7 Å². The molecule has 0 bridgehead atoms. The van der Waals surface area contributed by atoms with Crippen LogP contribution in [0, 0.1) is 5.41 Å². The minimum Gasteiger partial charge on any atom is -0.166 e. The van der Waals surface area contributed by atoms with E-state index in [1.54, 1.807) is 6.07 Å². The van der Waals surface area contributed by atoms with E-state index in [4.69, 9.17) is 0 Å². The van der Waals surface area contributed by atoms with Gasteiger partial charge in [0.2, 0.25) is 0 Å². The maximum atomic E-state index is 12.7. The first-order valence-corrected chi connectivity index (χ1v) is 6.15. The van der Waals surface area contributed by atoms with Crippen molar-refractivity contribution in [2.75, 3.05) is 0 Å². The summed E-state index contributed by atoms with van der Waals surface area (Å²) in [6, 6.07) is 5.63. The molecule has 0 nitrogen and oxygen atoms in total. The molecule has 0 amide bonds. The van der Waals surface area contributed by atoms with Gasteiger partial charge < -0.3 is 0 Å². The first-order chi connectivity index (χ1) is 8.28. The number of allylic oxidation sites excluding steroid dienone is 2. The molecule has 3 heteroatoms. The quantitative estimate of drug-likeness (QED) is 0.638. The highest BCUT2D eigenvalue weighted by Crippen LogP contribution is 2.40. The lowest BCUT2D eigenvalue weighted by Gasteiger charge is -2.30. The second-order valence-corrected chi connectivity index (χ2v) is 5.69. The van der Waals surface area contributed by atoms with Gasteiger partial charge in [0.15, 0.2) is 0 Å². The van der Waals surface area contributed by atoms with E-state index >= 15 is 0 Å². The van der Waals surface area contributed by atoms with Crippen molar-refractivity contribution in [1.82, 2.24) is 0 Å². The van der Waals surface area contributed by atoms with Crippen molar-refractivity contribution in [3.8, 4) is 0 Å². The van der Waals surface area contributed by atoms with Gasteiger partial charge in [0, 0.05) is 0 Å². The fourth-order valence-corrected chi connectivity index (χ4v) is 2.43. The topological polar surface area (TPSA) is 0 Å². The Kier molecular flexibility index (Phi) is 3.26. The summed E-state index contributed by atoms with van der Waals surface area (Å²) in [6.07, 6.45) is 0.684. The van der Waals surface area contributed by atoms with Crippen molar-refractivity contribution in [2.45, 2.75) is 39.3 Å². The van der Waals surface area contributed by atoms with E-state index in [0.717, 1.165) is 30.9 Å². The van der Waals surface area contributed by atoms with E-state index in [2.05, 4.69) is 19.9 Å². The van der Waals surface area contributed by atoms with Gasteiger partial charge in [0.05, 0.1) is 5.56 Å². The van der Waals surface area contributed by atoms with Crippen LogP contribution in [0.4, 0.5) is 13.2 Å². The Morgan fingerprint density at radius 1 is 1.17 bits per heavy atom. The van der Waals surface area contributed by atoms with Gasteiger partial charge in [-0.3, -0.25) is 0 Å². The molecule has 1 aliphatic carbocycles. The summed E-state index contributed by atoms with van der Waals surface area (Å²) in [5, 5.41) is 0. The highest BCUT2D eigenvalue weighted by Gasteiger charge is 2.31. The zero-order chi connectivity index (χ0) is 13.4. The van der Waals surface area contributed by atoms with Crippen LogP contribution in [0.15, 0.2) is 30.3 Å². The second kappa shape index (κ2) is 4.45. The maximum absolute atomic E-state index is 12.7. The molecule has 1 aromatic rings. The molecule has 1 aromatic carbocycles. The standard InChI is InChI=1S/C15H17F3/c1-14(2)8-4-6-12(10-14)11-5-3-7-13(9-11)15(16,17)18/h3,5-7,9H,4,8,10H2,1-2H3. The Morgan fingerprint density at radius 2 is 1.89 bits per heavy atom. The minimum absolute atomic E-state index is 0.179. The minimum atomic E-state index is -4.26. The van der Waals surface area contributed by atoms with Crippen LogP contribution >= 0.6 is 0 Å². The van der Waals surface area contributed by atoms with Gasteiger partial charge in [-0.15, -0.1) is 0 Å². The lowest BCUT2D eigenvalue weighted by Crippen LogP contribution is -2.15. The molecule has 0 spiro atoms. The summed E-state index contributed by atoms with van der Waals surface area (Å²) in [4.78, 5) is 0. The molecule has 0 saturated heterocycles. The van der Waals surface area contributed by atoms with Crippen LogP contribution in [0.5, 0.6) is 0 Å². The largest absolute Gasteiger partial charge is 0.416 e. The Balaban J connectivity index is 2.32. The van der Waals surface area contributed by atoms with Crippen LogP contribution in [-0.4, -0.2) is 0 Å². The average Bonchev–Trinajstić information content (AvgIpc) is 2.27. The highest BCUT2D eigenvalue weighted by atomic mass is 19.4. The normalized spacial score (nSPS) is 19.5. The Hall–Kier alpha value is -1.25. The summed E-state index contributed by atoms with van der Waals surface area (Å²) in [6.45, 7) is 4.32. The van der Waals surface area contributed by atoms with Gasteiger partial charge in [-0.25, -0.2) is 0 Å². The molecule has 2 rings (SSSR count). The molecule has 0 heterocycles. The lowest BCUT2D eigenvalue weighted by molar-refractivity contribution is -0.137. The third-order valence-electron chi connectivity index (χ3n) is 3.44. The smallest absolute Gasteiger partial charge is 0.166 e. The summed E-state index contributed by atoms with van der Waals surface area (Å²) in [7, 11) is 0. The van der Waals surface area contributed by atoms with Crippen molar-refractivity contribution >= 4 is 5.57 Å². The number of benzene rings is 1. The van der Waals surface area contributed by atoms with E-state index in [-0.39, 0.29) is 5.41 Å². The number of alkyl halides is 3. The van der Waals surface area contributed by atoms with Crippen LogP contribution < -0.4 is 0 Å². The zero-order valence-corrected chi connectivity index (χ0v) is 10.6. The fourth-order valence-electron chi connectivity index (χ4n) is 2.43. The highest BCUT2D eigenvalue weighted by molar-refractivity contribution is 5.67. The van der Waals surface area contributed by atoms with E-state index in [1.807, 2.05) is 0 Å². The molecule has 0 N–H and O–H groups in total. The number of hydrogen-bond donors (Lipinski definition) is 0. The third-order valence-corrected chi connectivity index (χ3v) is 3.44. The molecule has 0 aromatic heterocycles. The van der Waals surface area contributed by atoms with Crippen LogP contribution in [0.3, 0.4) is 0 Å². The van der Waals surface area contributed by atoms with Crippen LogP contribution in [0.1, 0.15) is 44.2 Å². The average molecular weight is 254 g/mol. The summed E-state index contributed by atoms with van der Waals surface area (Å²) in [5.41, 5.74) is 1.36. The molecule has 0 saturated carbocycles. The van der Waals surface area contributed by atoms with Gasteiger partial charge in [0.25, 0.3) is 0 Å². The van der Waals surface area contributed by atoms with E-state index in [9.17, 15) is 13.2 Å². The molecule has 0 radical (unpaired) electrons. The molecular weight excluding hydrogens is 237 g/mol. The monoisotopic (exact) mass is 254 g/mol. The number of hydrogen-bond acceptors (Lipinski definition) is 0. The van der Waals surface area contributed by atoms with Crippen molar-refractivity contribution < 1.29 is 13.2 Å². The maximum Gasteiger partial charge on any atom is 0.416 e. The van der Waals surface area contributed by atoms with Crippen LogP contribution in [-0.2, 0) is 6.18 Å². The molecule has 18 heavy (non-hydrogen) atoms. The van der Waals surface area contributed by atoms with E-state index in [0.29, 0.717) is 5.56 Å². The SMILES string of the molecule is CC1(C)CCC=C(c2cccc(C(F)(F)F)c2)C1. The number of rotatable bonds is 1.